The molecule has 0 spiro atoms. The van der Waals surface area contributed by atoms with Gasteiger partial charge in [0.15, 0.2) is 0 Å². The summed E-state index contributed by atoms with van der Waals surface area (Å²) in [6.45, 7) is 37.2. The zero-order chi connectivity index (χ0) is 99.6. The van der Waals surface area contributed by atoms with Crippen molar-refractivity contribution < 1.29 is 0 Å². The largest absolute Gasteiger partial charge is 0.264 e. The number of rotatable bonds is 2. The smallest absolute Gasteiger partial charge is 0.125 e. The van der Waals surface area contributed by atoms with Crippen molar-refractivity contribution in [1.82, 2.24) is 34.9 Å². The highest BCUT2D eigenvalue weighted by molar-refractivity contribution is 7.28. The van der Waals surface area contributed by atoms with Crippen LogP contribution in [0.25, 0.3) is 229 Å². The minimum absolute atomic E-state index is 0.107. The molecule has 0 N–H and O–H groups in total. The fraction of sp³-hybridized carbons (Fsp3) is 0.137. The first kappa shape index (κ1) is 94.1. The van der Waals surface area contributed by atoms with Gasteiger partial charge in [0, 0.05) is 187 Å². The summed E-state index contributed by atoms with van der Waals surface area (Å²) < 4.78 is 13.5. The number of hydrogen-bond donors (Lipinski definition) is 0. The SMILES string of the molecule is Cc1cc2sc3ccncc3c2cc1C.Cc1cc2sc3nc(C(C)(C)C)ccc3c2cc1C.Cc1ccc2c(sc3c2ccc2c4ccccc4cnc23)c1C.Cc1ccc2c(sc3c2ccc2cccnc23)c1C.Cc1ccc2c(sc3nc(-c4ccc(-c5ccccc5)cc4)ccc32)c1C.Cc1ccc2c(sc3nc4c(ccc5ccccc54)cc32)c1C.Cc1ccc2c(sc3nc4ccccc4cc32)c1C. The van der Waals surface area contributed by atoms with Crippen molar-refractivity contribution >= 4 is 286 Å². The van der Waals surface area contributed by atoms with E-state index in [-0.39, 0.29) is 5.41 Å². The molecule has 14 heterocycles. The molecule has 0 saturated carbocycles. The van der Waals surface area contributed by atoms with Gasteiger partial charge in [0.1, 0.15) is 19.3 Å². The number of thiophene rings is 7. The van der Waals surface area contributed by atoms with Crippen molar-refractivity contribution in [3.05, 3.63) is 412 Å². The van der Waals surface area contributed by atoms with Crippen LogP contribution in [0.1, 0.15) is 104 Å². The van der Waals surface area contributed by atoms with E-state index in [1.807, 2.05) is 88.3 Å². The Morgan fingerprint density at radius 3 is 1.26 bits per heavy atom. The minimum atomic E-state index is 0.107. The number of para-hydroxylation sites is 1. The lowest BCUT2D eigenvalue weighted by Gasteiger charge is -2.17. The van der Waals surface area contributed by atoms with Crippen LogP contribution in [-0.2, 0) is 5.41 Å². The summed E-state index contributed by atoms with van der Waals surface area (Å²) in [5.74, 6) is 0. The van der Waals surface area contributed by atoms with Gasteiger partial charge >= 0.3 is 0 Å². The number of nitrogens with zero attached hydrogens (tertiary/aromatic N) is 7. The van der Waals surface area contributed by atoms with E-state index in [1.165, 1.54) is 260 Å². The quantitative estimate of drug-likeness (QED) is 0.159. The van der Waals surface area contributed by atoms with E-state index in [0.717, 1.165) is 52.6 Å². The molecule has 0 saturated heterocycles. The van der Waals surface area contributed by atoms with Gasteiger partial charge in [-0.3, -0.25) is 15.0 Å². The summed E-state index contributed by atoms with van der Waals surface area (Å²) in [7, 11) is 0. The molecule has 706 valence electrons. The third kappa shape index (κ3) is 17.4. The summed E-state index contributed by atoms with van der Waals surface area (Å²) in [5.41, 5.74) is 29.4. The van der Waals surface area contributed by atoms with Gasteiger partial charge in [-0.05, 0) is 276 Å². The Morgan fingerprint density at radius 1 is 0.207 bits per heavy atom. The van der Waals surface area contributed by atoms with Gasteiger partial charge in [-0.1, -0.05) is 245 Å². The first-order valence-electron chi connectivity index (χ1n) is 49.3. The number of benzene rings is 15. The van der Waals surface area contributed by atoms with Gasteiger partial charge in [0.05, 0.1) is 37.2 Å². The second-order valence-electron chi connectivity index (χ2n) is 39.6. The molecule has 7 nitrogen and oxygen atoms in total. The van der Waals surface area contributed by atoms with Crippen LogP contribution in [0, 0.1) is 96.9 Å². The first-order chi connectivity index (χ1) is 70.3. The molecule has 0 radical (unpaired) electrons. The van der Waals surface area contributed by atoms with Crippen molar-refractivity contribution in [3.63, 3.8) is 0 Å². The van der Waals surface area contributed by atoms with E-state index >= 15 is 0 Å². The molecule has 0 aliphatic rings. The van der Waals surface area contributed by atoms with Crippen LogP contribution in [0.2, 0.25) is 0 Å². The highest BCUT2D eigenvalue weighted by atomic mass is 32.1. The Bertz CT molecular complexity index is 10200. The topological polar surface area (TPSA) is 90.2 Å². The third-order valence-corrected chi connectivity index (χ3v) is 38.0. The van der Waals surface area contributed by atoms with Crippen molar-refractivity contribution in [2.24, 2.45) is 0 Å². The van der Waals surface area contributed by atoms with Gasteiger partial charge in [-0.15, -0.1) is 79.4 Å². The molecular weight excluding hydrogens is 1900 g/mol. The number of fused-ring (bicyclic) bond motifs is 31. The average Bonchev–Trinajstić information content (AvgIpc) is 1.61. The normalized spacial score (nSPS) is 11.8. The Kier molecular flexibility index (Phi) is 24.8. The molecule has 14 heteroatoms. The van der Waals surface area contributed by atoms with E-state index in [2.05, 4.69) is 413 Å². The van der Waals surface area contributed by atoms with E-state index in [9.17, 15) is 0 Å². The van der Waals surface area contributed by atoms with Crippen LogP contribution in [0.3, 0.4) is 0 Å². The molecule has 145 heavy (non-hydrogen) atoms. The van der Waals surface area contributed by atoms with Gasteiger partial charge in [0.25, 0.3) is 0 Å². The molecule has 14 aromatic heterocycles. The standard InChI is InChI=1S/C25H19NS.2C21H15NS.2C17H13NS.C17H19NS.C13H11NS/c1-16-8-13-21-22-14-15-23(26-25(22)27-24(21)17(16)2)20-11-9-19(10-12-20)18-6-4-3-5-7-18;1-12-7-10-17-18-11-15-9-8-14-5-3-4-6-16(14)19(15)22-21(18)23-20(17)13(12)2;1-12-7-8-17-18-10-9-16-15-6-4-3-5-14(15)11-22-19(16)21(18)23-20(17)13(12)2;1-10-5-7-13-14-8-6-12-4-3-9-18-15(12)17(14)19-16(13)11(10)2;1-10-7-8-13-14-9-12-5-3-4-6-15(12)18-17(14)19-16(13)11(10)2;1-10-8-13-12-6-7-15(17(3,4)5)18-16(12)19-14(13)9-11(10)2;1-8-5-10-11-7-14-4-3-12(11)15-13(10)6-9(8)2/h3-15H,1-2H3;2*3-11H,1-2H3;2*3-9H,1-2H3;6-9H,1-5H3;3-7H,1-2H3. The molecular formula is C131H105N7S7. The van der Waals surface area contributed by atoms with Crippen LogP contribution in [0.15, 0.2) is 328 Å². The van der Waals surface area contributed by atoms with Crippen LogP contribution in [0.5, 0.6) is 0 Å². The van der Waals surface area contributed by atoms with E-state index in [0.29, 0.717) is 0 Å². The molecule has 0 aliphatic heterocycles. The van der Waals surface area contributed by atoms with Crippen molar-refractivity contribution in [2.75, 3.05) is 0 Å². The molecule has 0 bridgehead atoms. The van der Waals surface area contributed by atoms with Crippen LogP contribution in [-0.4, -0.2) is 34.9 Å². The number of aromatic nitrogens is 7. The summed E-state index contributed by atoms with van der Waals surface area (Å²) >= 11 is 12.8. The third-order valence-electron chi connectivity index (χ3n) is 29.4. The molecule has 0 amide bonds. The molecule has 0 atom stereocenters. The summed E-state index contributed by atoms with van der Waals surface area (Å²) in [4.78, 5) is 37.8. The van der Waals surface area contributed by atoms with E-state index in [4.69, 9.17) is 24.9 Å². The van der Waals surface area contributed by atoms with Gasteiger partial charge in [-0.25, -0.2) is 19.9 Å². The molecule has 0 aliphatic carbocycles. The molecule has 29 rings (SSSR count). The fourth-order valence-electron chi connectivity index (χ4n) is 19.9. The maximum absolute atomic E-state index is 5.03. The maximum Gasteiger partial charge on any atom is 0.125 e. The lowest BCUT2D eigenvalue weighted by atomic mass is 9.91. The molecule has 0 unspecified atom stereocenters. The fourth-order valence-corrected chi connectivity index (χ4v) is 28.6. The second kappa shape index (κ2) is 38.2. The maximum atomic E-state index is 5.03. The number of hydrogen-bond acceptors (Lipinski definition) is 14. The van der Waals surface area contributed by atoms with Crippen LogP contribution >= 0.6 is 79.4 Å². The highest BCUT2D eigenvalue weighted by Gasteiger charge is 2.22. The summed E-state index contributed by atoms with van der Waals surface area (Å²) in [6, 6.07) is 109. The molecule has 15 aromatic carbocycles. The molecule has 29 aromatic rings. The zero-order valence-electron chi connectivity index (χ0n) is 84.2. The number of aryl methyl sites for hydroxylation is 14. The lowest BCUT2D eigenvalue weighted by Crippen LogP contribution is -2.12. The number of pyridine rings is 7. The van der Waals surface area contributed by atoms with E-state index in [1.54, 1.807) is 34.0 Å². The van der Waals surface area contributed by atoms with Gasteiger partial charge in [-0.2, -0.15) is 0 Å². The highest BCUT2D eigenvalue weighted by Crippen LogP contribution is 2.47. The Balaban J connectivity index is 0.0000000941. The van der Waals surface area contributed by atoms with Crippen LogP contribution in [0.4, 0.5) is 0 Å². The summed E-state index contributed by atoms with van der Waals surface area (Å²) in [6.07, 6.45) is 7.70. The Labute approximate surface area is 870 Å². The Hall–Kier alpha value is -14.6. The average molecular weight is 2000 g/mol. The predicted octanol–water partition coefficient (Wildman–Crippen LogP) is 40.0. The first-order valence-corrected chi connectivity index (χ1v) is 55.0. The summed E-state index contributed by atoms with van der Waals surface area (Å²) in [5, 5.41) is 28.3. The molecule has 0 fully saturated rings. The second-order valence-corrected chi connectivity index (χ2v) is 46.8. The zero-order valence-corrected chi connectivity index (χ0v) is 89.9. The monoisotopic (exact) mass is 2000 g/mol. The minimum Gasteiger partial charge on any atom is -0.264 e. The van der Waals surface area contributed by atoms with Crippen molar-refractivity contribution in [3.8, 4) is 22.4 Å². The van der Waals surface area contributed by atoms with Crippen LogP contribution < -0.4 is 0 Å². The van der Waals surface area contributed by atoms with Gasteiger partial charge in [0.2, 0.25) is 0 Å². The van der Waals surface area contributed by atoms with Gasteiger partial charge < -0.3 is 0 Å². The Morgan fingerprint density at radius 2 is 0.634 bits per heavy atom. The lowest BCUT2D eigenvalue weighted by molar-refractivity contribution is 0.572. The predicted molar refractivity (Wildman–Crippen MR) is 641 cm³/mol. The van der Waals surface area contributed by atoms with Crippen molar-refractivity contribution in [1.29, 1.82) is 0 Å². The van der Waals surface area contributed by atoms with E-state index < -0.39 is 0 Å². The van der Waals surface area contributed by atoms with Crippen molar-refractivity contribution in [2.45, 2.75) is 123 Å².